The van der Waals surface area contributed by atoms with Crippen LogP contribution in [0, 0.1) is 0 Å². The van der Waals surface area contributed by atoms with Crippen LogP contribution in [-0.4, -0.2) is 38.1 Å². The molecule has 23 heavy (non-hydrogen) atoms. The molecule has 0 unspecified atom stereocenters. The van der Waals surface area contributed by atoms with E-state index in [1.54, 1.807) is 10.7 Å². The van der Waals surface area contributed by atoms with Crippen molar-refractivity contribution in [3.8, 4) is 0 Å². The van der Waals surface area contributed by atoms with Gasteiger partial charge in [-0.15, -0.1) is 0 Å². The number of likely N-dealkylation sites (tertiary alicyclic amines) is 1. The minimum Gasteiger partial charge on any atom is -0.341 e. The highest BCUT2D eigenvalue weighted by atomic mass is 16.2. The zero-order chi connectivity index (χ0) is 15.8. The molecule has 0 aliphatic carbocycles. The molecule has 6 heteroatoms. The number of rotatable bonds is 2. The normalized spacial score (nSPS) is 15.4. The summed E-state index contributed by atoms with van der Waals surface area (Å²) >= 11 is 0. The number of benzene rings is 1. The number of hydrogen-bond donors (Lipinski definition) is 0. The fraction of sp³-hybridized carbons (Fsp3) is 0.353. The third-order valence-electron chi connectivity index (χ3n) is 4.50. The molecule has 0 radical (unpaired) electrons. The van der Waals surface area contributed by atoms with Gasteiger partial charge in [0.25, 0.3) is 5.56 Å². The summed E-state index contributed by atoms with van der Waals surface area (Å²) in [6.07, 6.45) is 4.86. The third kappa shape index (κ3) is 2.40. The molecular formula is C17H18N4O2. The van der Waals surface area contributed by atoms with Crippen molar-refractivity contribution < 1.29 is 4.79 Å². The largest absolute Gasteiger partial charge is 0.341 e. The molecule has 1 fully saturated rings. The molecule has 4 rings (SSSR count). The van der Waals surface area contributed by atoms with Crippen LogP contribution < -0.4 is 5.56 Å². The topological polar surface area (TPSA) is 59.6 Å². The minimum absolute atomic E-state index is 0.0108. The lowest BCUT2D eigenvalue weighted by Crippen LogP contribution is -2.40. The highest BCUT2D eigenvalue weighted by molar-refractivity contribution is 5.86. The number of piperidine rings is 1. The van der Waals surface area contributed by atoms with Crippen LogP contribution in [0.2, 0.25) is 0 Å². The van der Waals surface area contributed by atoms with E-state index in [1.807, 2.05) is 35.2 Å². The van der Waals surface area contributed by atoms with Gasteiger partial charge in [-0.25, -0.2) is 4.68 Å². The quantitative estimate of drug-likeness (QED) is 0.723. The van der Waals surface area contributed by atoms with Gasteiger partial charge >= 0.3 is 0 Å². The van der Waals surface area contributed by atoms with Crippen LogP contribution in [0.25, 0.3) is 16.4 Å². The first-order valence-corrected chi connectivity index (χ1v) is 7.98. The van der Waals surface area contributed by atoms with Gasteiger partial charge in [-0.2, -0.15) is 5.10 Å². The van der Waals surface area contributed by atoms with E-state index in [-0.39, 0.29) is 18.0 Å². The maximum Gasteiger partial charge on any atom is 0.291 e. The molecule has 1 aliphatic rings. The Hall–Kier alpha value is -2.63. The van der Waals surface area contributed by atoms with Gasteiger partial charge in [-0.3, -0.25) is 14.0 Å². The summed E-state index contributed by atoms with van der Waals surface area (Å²) in [6, 6.07) is 9.63. The first kappa shape index (κ1) is 14.0. The molecule has 6 nitrogen and oxygen atoms in total. The number of carbonyl (C=O) groups excluding carboxylic acids is 1. The zero-order valence-electron chi connectivity index (χ0n) is 12.8. The van der Waals surface area contributed by atoms with Gasteiger partial charge in [0, 0.05) is 18.5 Å². The number of amides is 1. The number of nitrogens with zero attached hydrogens (tertiary/aromatic N) is 4. The van der Waals surface area contributed by atoms with Gasteiger partial charge in [-0.05, 0) is 31.4 Å². The fourth-order valence-corrected chi connectivity index (χ4v) is 3.25. The Morgan fingerprint density at radius 2 is 1.87 bits per heavy atom. The van der Waals surface area contributed by atoms with Crippen LogP contribution in [0.1, 0.15) is 19.3 Å². The summed E-state index contributed by atoms with van der Waals surface area (Å²) in [5, 5.41) is 5.18. The maximum absolute atomic E-state index is 12.6. The van der Waals surface area contributed by atoms with Crippen LogP contribution in [0.3, 0.4) is 0 Å². The van der Waals surface area contributed by atoms with Gasteiger partial charge < -0.3 is 4.90 Å². The van der Waals surface area contributed by atoms with Crippen molar-refractivity contribution in [1.29, 1.82) is 0 Å². The SMILES string of the molecule is O=C(Cn1ncn2c(cc3ccccc32)c1=O)N1CCCCC1. The highest BCUT2D eigenvalue weighted by Crippen LogP contribution is 2.17. The van der Waals surface area contributed by atoms with E-state index in [2.05, 4.69) is 5.10 Å². The smallest absolute Gasteiger partial charge is 0.291 e. The van der Waals surface area contributed by atoms with Crippen molar-refractivity contribution in [2.75, 3.05) is 13.1 Å². The summed E-state index contributed by atoms with van der Waals surface area (Å²) < 4.78 is 3.05. The maximum atomic E-state index is 12.6. The Morgan fingerprint density at radius 1 is 1.09 bits per heavy atom. The van der Waals surface area contributed by atoms with Gasteiger partial charge in [0.2, 0.25) is 5.91 Å². The lowest BCUT2D eigenvalue weighted by molar-refractivity contribution is -0.133. The second-order valence-corrected chi connectivity index (χ2v) is 5.99. The number of fused-ring (bicyclic) bond motifs is 3. The van der Waals surface area contributed by atoms with Crippen molar-refractivity contribution in [1.82, 2.24) is 19.1 Å². The average Bonchev–Trinajstić information content (AvgIpc) is 2.98. The Balaban J connectivity index is 1.70. The molecule has 0 spiro atoms. The van der Waals surface area contributed by atoms with E-state index in [0.29, 0.717) is 5.52 Å². The molecule has 0 bridgehead atoms. The van der Waals surface area contributed by atoms with Gasteiger partial charge in [0.1, 0.15) is 18.4 Å². The molecule has 1 saturated heterocycles. The summed E-state index contributed by atoms with van der Waals surface area (Å²) in [5.41, 5.74) is 1.27. The number of para-hydroxylation sites is 1. The lowest BCUT2D eigenvalue weighted by Gasteiger charge is -2.26. The summed E-state index contributed by atoms with van der Waals surface area (Å²) in [5.74, 6) is -0.0280. The predicted octanol–water partition coefficient (Wildman–Crippen LogP) is 1.66. The molecule has 118 valence electrons. The second-order valence-electron chi connectivity index (χ2n) is 5.99. The number of carbonyl (C=O) groups is 1. The van der Waals surface area contributed by atoms with Crippen LogP contribution in [0.5, 0.6) is 0 Å². The molecular weight excluding hydrogens is 292 g/mol. The zero-order valence-corrected chi connectivity index (χ0v) is 12.8. The predicted molar refractivity (Wildman–Crippen MR) is 87.4 cm³/mol. The highest BCUT2D eigenvalue weighted by Gasteiger charge is 2.18. The van der Waals surface area contributed by atoms with E-state index < -0.39 is 0 Å². The lowest BCUT2D eigenvalue weighted by atomic mass is 10.1. The number of hydrogen-bond acceptors (Lipinski definition) is 3. The van der Waals surface area contributed by atoms with E-state index >= 15 is 0 Å². The Bertz CT molecular complexity index is 935. The van der Waals surface area contributed by atoms with Crippen LogP contribution in [-0.2, 0) is 11.3 Å². The molecule has 0 N–H and O–H groups in total. The standard InChI is InChI=1S/C17H18N4O2/c22-16(19-8-4-1-5-9-19)11-21-17(23)15-10-13-6-2-3-7-14(13)20(15)12-18-21/h2-3,6-7,10,12H,1,4-5,8-9,11H2. The minimum atomic E-state index is -0.228. The monoisotopic (exact) mass is 310 g/mol. The van der Waals surface area contributed by atoms with E-state index in [1.165, 1.54) is 11.1 Å². The average molecular weight is 310 g/mol. The van der Waals surface area contributed by atoms with E-state index in [4.69, 9.17) is 0 Å². The van der Waals surface area contributed by atoms with Crippen molar-refractivity contribution >= 4 is 22.3 Å². The first-order valence-electron chi connectivity index (χ1n) is 7.98. The molecule has 2 aromatic heterocycles. The van der Waals surface area contributed by atoms with Gasteiger partial charge in [0.05, 0.1) is 5.52 Å². The molecule has 1 aromatic carbocycles. The Kier molecular flexibility index (Phi) is 3.37. The summed E-state index contributed by atoms with van der Waals surface area (Å²) in [4.78, 5) is 26.8. The third-order valence-corrected chi connectivity index (χ3v) is 4.50. The molecule has 3 aromatic rings. The van der Waals surface area contributed by atoms with Crippen LogP contribution in [0.15, 0.2) is 41.5 Å². The Morgan fingerprint density at radius 3 is 2.70 bits per heavy atom. The van der Waals surface area contributed by atoms with Crippen molar-refractivity contribution in [3.05, 3.63) is 47.0 Å². The van der Waals surface area contributed by atoms with Crippen molar-refractivity contribution in [2.24, 2.45) is 0 Å². The first-order chi connectivity index (χ1) is 11.2. The molecule has 3 heterocycles. The van der Waals surface area contributed by atoms with Crippen molar-refractivity contribution in [2.45, 2.75) is 25.8 Å². The van der Waals surface area contributed by atoms with Crippen LogP contribution in [0.4, 0.5) is 0 Å². The second kappa shape index (κ2) is 5.53. The van der Waals surface area contributed by atoms with Crippen molar-refractivity contribution in [3.63, 3.8) is 0 Å². The molecule has 1 aliphatic heterocycles. The summed E-state index contributed by atoms with van der Waals surface area (Å²) in [7, 11) is 0. The Labute approximate surface area is 132 Å². The van der Waals surface area contributed by atoms with Gasteiger partial charge in [0.15, 0.2) is 0 Å². The number of aromatic nitrogens is 3. The van der Waals surface area contributed by atoms with E-state index in [0.717, 1.165) is 36.8 Å². The molecule has 0 atom stereocenters. The molecule has 0 saturated carbocycles. The molecule has 1 amide bonds. The summed E-state index contributed by atoms with van der Waals surface area (Å²) in [6.45, 7) is 1.58. The fourth-order valence-electron chi connectivity index (χ4n) is 3.25. The van der Waals surface area contributed by atoms with Gasteiger partial charge in [-0.1, -0.05) is 18.2 Å². The van der Waals surface area contributed by atoms with E-state index in [9.17, 15) is 9.59 Å². The van der Waals surface area contributed by atoms with Crippen LogP contribution >= 0.6 is 0 Å².